The van der Waals surface area contributed by atoms with Crippen LogP contribution in [0.2, 0.25) is 5.02 Å². The Labute approximate surface area is 216 Å². The first-order chi connectivity index (χ1) is 17.6. The monoisotopic (exact) mass is 528 g/mol. The van der Waals surface area contributed by atoms with Gasteiger partial charge in [0.15, 0.2) is 5.82 Å². The molecule has 0 radical (unpaired) electrons. The molecule has 0 saturated carbocycles. The topological polar surface area (TPSA) is 77.1 Å². The molecule has 3 aromatic rings. The van der Waals surface area contributed by atoms with E-state index in [4.69, 9.17) is 16.9 Å². The van der Waals surface area contributed by atoms with Crippen molar-refractivity contribution in [1.29, 1.82) is 5.26 Å². The van der Waals surface area contributed by atoms with Crippen molar-refractivity contribution in [1.82, 2.24) is 24.6 Å². The first-order valence-electron chi connectivity index (χ1n) is 12.0. The van der Waals surface area contributed by atoms with E-state index >= 15 is 0 Å². The first-order valence-corrected chi connectivity index (χ1v) is 12.4. The molecule has 3 aliphatic rings. The average Bonchev–Trinajstić information content (AvgIpc) is 3.11. The lowest BCUT2D eigenvalue weighted by Crippen LogP contribution is -2.73. The number of hydrogen-bond donors (Lipinski definition) is 0. The molecule has 12 heteroatoms. The SMILES string of the molecule is Cc1nc(N2CC3(C2)CN(c2nnc4n2-c2ccc(Cl)cc2CN(C(C)C(F)(F)F)C4)C3)ccc1C#N. The number of anilines is 2. The van der Waals surface area contributed by atoms with E-state index in [0.717, 1.165) is 43.4 Å². The van der Waals surface area contributed by atoms with Crippen LogP contribution < -0.4 is 9.80 Å². The minimum Gasteiger partial charge on any atom is -0.355 e. The van der Waals surface area contributed by atoms with Gasteiger partial charge in [-0.05, 0) is 49.7 Å². The van der Waals surface area contributed by atoms with Crippen LogP contribution in [0.25, 0.3) is 5.69 Å². The number of nitriles is 1. The molecule has 8 nitrogen and oxygen atoms in total. The fraction of sp³-hybridized carbons (Fsp3) is 0.440. The second kappa shape index (κ2) is 8.33. The number of aryl methyl sites for hydroxylation is 1. The number of aromatic nitrogens is 4. The highest BCUT2D eigenvalue weighted by molar-refractivity contribution is 6.30. The maximum absolute atomic E-state index is 13.6. The van der Waals surface area contributed by atoms with Gasteiger partial charge in [0.2, 0.25) is 5.95 Å². The van der Waals surface area contributed by atoms with E-state index in [1.807, 2.05) is 23.6 Å². The molecule has 37 heavy (non-hydrogen) atoms. The Balaban J connectivity index is 1.23. The predicted octanol–water partition coefficient (Wildman–Crippen LogP) is 4.09. The van der Waals surface area contributed by atoms with Crippen molar-refractivity contribution in [2.45, 2.75) is 39.2 Å². The summed E-state index contributed by atoms with van der Waals surface area (Å²) in [5.41, 5.74) is 2.85. The molecule has 1 atom stereocenters. The first kappa shape index (κ1) is 24.0. The fourth-order valence-electron chi connectivity index (χ4n) is 5.57. The van der Waals surface area contributed by atoms with Gasteiger partial charge in [0.25, 0.3) is 0 Å². The van der Waals surface area contributed by atoms with Crippen LogP contribution in [0.3, 0.4) is 0 Å². The van der Waals surface area contributed by atoms with Crippen LogP contribution in [0.1, 0.15) is 29.6 Å². The molecule has 6 rings (SSSR count). The molecule has 3 aliphatic heterocycles. The molecule has 2 fully saturated rings. The second-order valence-corrected chi connectivity index (χ2v) is 10.7. The highest BCUT2D eigenvalue weighted by Crippen LogP contribution is 2.44. The summed E-state index contributed by atoms with van der Waals surface area (Å²) in [5.74, 6) is 1.97. The third kappa shape index (κ3) is 3.99. The fourth-order valence-corrected chi connectivity index (χ4v) is 5.76. The number of nitrogens with zero attached hydrogens (tertiary/aromatic N) is 8. The average molecular weight is 529 g/mol. The zero-order chi connectivity index (χ0) is 26.1. The van der Waals surface area contributed by atoms with E-state index < -0.39 is 12.2 Å². The van der Waals surface area contributed by atoms with Gasteiger partial charge < -0.3 is 9.80 Å². The van der Waals surface area contributed by atoms with Crippen LogP contribution >= 0.6 is 11.6 Å². The third-order valence-electron chi connectivity index (χ3n) is 7.64. The summed E-state index contributed by atoms with van der Waals surface area (Å²) in [6.07, 6.45) is -4.36. The van der Waals surface area contributed by atoms with Crippen LogP contribution in [0.5, 0.6) is 0 Å². The van der Waals surface area contributed by atoms with Gasteiger partial charge in [-0.15, -0.1) is 10.2 Å². The summed E-state index contributed by atoms with van der Waals surface area (Å²) in [5, 5.41) is 18.3. The Bertz CT molecular complexity index is 1410. The van der Waals surface area contributed by atoms with E-state index in [2.05, 4.69) is 31.1 Å². The summed E-state index contributed by atoms with van der Waals surface area (Å²) >= 11 is 6.23. The summed E-state index contributed by atoms with van der Waals surface area (Å²) in [6.45, 7) is 6.35. The maximum Gasteiger partial charge on any atom is 0.403 e. The van der Waals surface area contributed by atoms with Crippen LogP contribution in [-0.2, 0) is 13.1 Å². The zero-order valence-electron chi connectivity index (χ0n) is 20.3. The molecule has 1 aromatic carbocycles. The summed E-state index contributed by atoms with van der Waals surface area (Å²) < 4.78 is 42.7. The van der Waals surface area contributed by atoms with Gasteiger partial charge in [0, 0.05) is 43.2 Å². The van der Waals surface area contributed by atoms with Gasteiger partial charge in [-0.1, -0.05) is 11.6 Å². The lowest BCUT2D eigenvalue weighted by atomic mass is 9.73. The number of benzene rings is 1. The van der Waals surface area contributed by atoms with Crippen molar-refractivity contribution in [3.05, 3.63) is 58.0 Å². The van der Waals surface area contributed by atoms with E-state index in [0.29, 0.717) is 27.9 Å². The molecule has 0 aliphatic carbocycles. The maximum atomic E-state index is 13.6. The second-order valence-electron chi connectivity index (χ2n) is 10.3. The van der Waals surface area contributed by atoms with Gasteiger partial charge in [-0.3, -0.25) is 9.47 Å². The van der Waals surface area contributed by atoms with Crippen molar-refractivity contribution in [3.63, 3.8) is 0 Å². The molecule has 2 aromatic heterocycles. The Morgan fingerprint density at radius 3 is 2.46 bits per heavy atom. The van der Waals surface area contributed by atoms with E-state index in [-0.39, 0.29) is 18.5 Å². The number of halogens is 4. The molecule has 0 amide bonds. The molecule has 5 heterocycles. The molecule has 192 valence electrons. The zero-order valence-corrected chi connectivity index (χ0v) is 21.1. The highest BCUT2D eigenvalue weighted by atomic mass is 35.5. The van der Waals surface area contributed by atoms with Gasteiger partial charge in [-0.2, -0.15) is 18.4 Å². The molecular formula is C25H24ClF3N8. The Morgan fingerprint density at radius 1 is 1.05 bits per heavy atom. The molecule has 2 saturated heterocycles. The van der Waals surface area contributed by atoms with Gasteiger partial charge in [-0.25, -0.2) is 4.98 Å². The number of hydrogen-bond acceptors (Lipinski definition) is 7. The number of rotatable bonds is 3. The molecular weight excluding hydrogens is 505 g/mol. The van der Waals surface area contributed by atoms with E-state index in [1.54, 1.807) is 18.2 Å². The van der Waals surface area contributed by atoms with Crippen molar-refractivity contribution in [3.8, 4) is 11.8 Å². The largest absolute Gasteiger partial charge is 0.403 e. The smallest absolute Gasteiger partial charge is 0.355 e. The van der Waals surface area contributed by atoms with Gasteiger partial charge in [0.1, 0.15) is 17.9 Å². The van der Waals surface area contributed by atoms with Crippen molar-refractivity contribution >= 4 is 23.4 Å². The highest BCUT2D eigenvalue weighted by Gasteiger charge is 2.53. The minimum absolute atomic E-state index is 0.0243. The van der Waals surface area contributed by atoms with Crippen molar-refractivity contribution in [2.24, 2.45) is 5.41 Å². The standard InChI is InChI=1S/C25H24ClF3N8/c1-15-17(8-30)3-6-21(31-15)35-11-24(12-35)13-36(14-24)23-33-32-22-10-34(16(2)25(27,28)29)9-18-7-19(26)4-5-20(18)37(22)23/h3-7,16H,9-14H2,1-2H3. The van der Waals surface area contributed by atoms with Gasteiger partial charge in [0.05, 0.1) is 23.5 Å². The summed E-state index contributed by atoms with van der Waals surface area (Å²) in [4.78, 5) is 10.3. The lowest BCUT2D eigenvalue weighted by Gasteiger charge is -2.60. The number of pyridine rings is 1. The Kier molecular flexibility index (Phi) is 5.40. The number of alkyl halides is 3. The van der Waals surface area contributed by atoms with Crippen LogP contribution in [-0.4, -0.2) is 63.0 Å². The predicted molar refractivity (Wildman–Crippen MR) is 132 cm³/mol. The normalized spacial score (nSPS) is 19.4. The Hall–Kier alpha value is -3.36. The molecule has 1 unspecified atom stereocenters. The van der Waals surface area contributed by atoms with E-state index in [9.17, 15) is 13.2 Å². The van der Waals surface area contributed by atoms with Crippen LogP contribution in [0.4, 0.5) is 24.9 Å². The third-order valence-corrected chi connectivity index (χ3v) is 7.87. The van der Waals surface area contributed by atoms with Crippen molar-refractivity contribution in [2.75, 3.05) is 36.0 Å². The molecule has 0 N–H and O–H groups in total. The lowest BCUT2D eigenvalue weighted by molar-refractivity contribution is -0.182. The quantitative estimate of drug-likeness (QED) is 0.507. The van der Waals surface area contributed by atoms with Crippen molar-refractivity contribution < 1.29 is 13.2 Å². The Morgan fingerprint density at radius 2 is 1.78 bits per heavy atom. The summed E-state index contributed by atoms with van der Waals surface area (Å²) in [7, 11) is 0. The van der Waals surface area contributed by atoms with Gasteiger partial charge >= 0.3 is 6.18 Å². The number of fused-ring (bicyclic) bond motifs is 3. The summed E-state index contributed by atoms with van der Waals surface area (Å²) in [6, 6.07) is 9.47. The van der Waals surface area contributed by atoms with Crippen LogP contribution in [0.15, 0.2) is 30.3 Å². The van der Waals surface area contributed by atoms with Crippen LogP contribution in [0, 0.1) is 23.7 Å². The van der Waals surface area contributed by atoms with E-state index in [1.165, 1.54) is 11.8 Å². The molecule has 1 spiro atoms. The molecule has 0 bridgehead atoms. The minimum atomic E-state index is -4.36.